The zero-order chi connectivity index (χ0) is 17.6. The highest BCUT2D eigenvalue weighted by atomic mass is 19.1. The lowest BCUT2D eigenvalue weighted by molar-refractivity contribution is 0.0756. The van der Waals surface area contributed by atoms with Crippen LogP contribution in [0, 0.1) is 11.7 Å². The number of halogens is 1. The number of carbonyl (C=O) groups excluding carboxylic acids is 1. The van der Waals surface area contributed by atoms with Crippen molar-refractivity contribution in [3.63, 3.8) is 0 Å². The van der Waals surface area contributed by atoms with Crippen molar-refractivity contribution in [3.05, 3.63) is 29.6 Å². The molecular formula is C20H29FN2O2. The lowest BCUT2D eigenvalue weighted by Gasteiger charge is -2.28. The summed E-state index contributed by atoms with van der Waals surface area (Å²) in [5.41, 5.74) is 0.322. The van der Waals surface area contributed by atoms with Gasteiger partial charge in [-0.05, 0) is 49.9 Å². The Hall–Kier alpha value is -1.62. The van der Waals surface area contributed by atoms with Gasteiger partial charge in [-0.15, -0.1) is 0 Å². The number of methoxy groups -OCH3 is 1. The Morgan fingerprint density at radius 3 is 2.68 bits per heavy atom. The van der Waals surface area contributed by atoms with Crippen molar-refractivity contribution in [1.82, 2.24) is 9.80 Å². The summed E-state index contributed by atoms with van der Waals surface area (Å²) >= 11 is 0. The van der Waals surface area contributed by atoms with E-state index < -0.39 is 5.82 Å². The first-order valence-electron chi connectivity index (χ1n) is 9.52. The molecule has 0 aromatic heterocycles. The van der Waals surface area contributed by atoms with E-state index in [2.05, 4.69) is 4.90 Å². The zero-order valence-corrected chi connectivity index (χ0v) is 15.2. The molecule has 1 heterocycles. The number of ether oxygens (including phenoxy) is 1. The van der Waals surface area contributed by atoms with Gasteiger partial charge < -0.3 is 14.5 Å². The van der Waals surface area contributed by atoms with Gasteiger partial charge in [0.2, 0.25) is 0 Å². The minimum absolute atomic E-state index is 0.129. The molecule has 0 spiro atoms. The van der Waals surface area contributed by atoms with E-state index in [1.165, 1.54) is 57.4 Å². The van der Waals surface area contributed by atoms with Crippen LogP contribution in [0.2, 0.25) is 0 Å². The van der Waals surface area contributed by atoms with Crippen molar-refractivity contribution < 1.29 is 13.9 Å². The van der Waals surface area contributed by atoms with E-state index in [9.17, 15) is 9.18 Å². The highest BCUT2D eigenvalue weighted by Crippen LogP contribution is 2.25. The number of nitrogens with zero attached hydrogens (tertiary/aromatic N) is 2. The maximum Gasteiger partial charge on any atom is 0.257 e. The third-order valence-electron chi connectivity index (χ3n) is 5.51. The Labute approximate surface area is 149 Å². The smallest absolute Gasteiger partial charge is 0.257 e. The van der Waals surface area contributed by atoms with Crippen LogP contribution in [0.1, 0.15) is 48.9 Å². The van der Waals surface area contributed by atoms with Crippen LogP contribution in [0.4, 0.5) is 4.39 Å². The molecule has 1 aromatic carbocycles. The molecule has 1 aliphatic heterocycles. The average Bonchev–Trinajstić information content (AvgIpc) is 2.87. The predicted octanol–water partition coefficient (Wildman–Crippen LogP) is 3.56. The molecule has 5 heteroatoms. The Kier molecular flexibility index (Phi) is 6.29. The lowest BCUT2D eigenvalue weighted by Crippen LogP contribution is -2.37. The fraction of sp³-hybridized carbons (Fsp3) is 0.650. The summed E-state index contributed by atoms with van der Waals surface area (Å²) < 4.78 is 18.8. The van der Waals surface area contributed by atoms with Crippen LogP contribution in [0.3, 0.4) is 0 Å². The Balaban J connectivity index is 1.60. The third kappa shape index (κ3) is 4.72. The van der Waals surface area contributed by atoms with Crippen molar-refractivity contribution in [2.24, 2.45) is 5.92 Å². The van der Waals surface area contributed by atoms with Gasteiger partial charge in [-0.2, -0.15) is 0 Å². The molecule has 0 N–H and O–H groups in total. The number of rotatable bonds is 4. The molecule has 1 aromatic rings. The molecule has 3 rings (SSSR count). The summed E-state index contributed by atoms with van der Waals surface area (Å²) in [4.78, 5) is 17.2. The van der Waals surface area contributed by atoms with Crippen LogP contribution >= 0.6 is 0 Å². The van der Waals surface area contributed by atoms with E-state index in [1.54, 1.807) is 0 Å². The molecule has 1 amide bonds. The molecule has 2 aliphatic rings. The van der Waals surface area contributed by atoms with Gasteiger partial charge in [-0.1, -0.05) is 19.3 Å². The maximum atomic E-state index is 13.6. The lowest BCUT2D eigenvalue weighted by atomic mass is 9.89. The van der Waals surface area contributed by atoms with Crippen LogP contribution in [-0.4, -0.2) is 55.5 Å². The first-order valence-corrected chi connectivity index (χ1v) is 9.52. The Morgan fingerprint density at radius 2 is 1.92 bits per heavy atom. The summed E-state index contributed by atoms with van der Waals surface area (Å²) in [6.07, 6.45) is 7.77. The minimum Gasteiger partial charge on any atom is -0.496 e. The van der Waals surface area contributed by atoms with Gasteiger partial charge in [0.05, 0.1) is 12.7 Å². The van der Waals surface area contributed by atoms with Crippen molar-refractivity contribution >= 4 is 5.91 Å². The second-order valence-corrected chi connectivity index (χ2v) is 7.30. The number of hydrogen-bond donors (Lipinski definition) is 0. The van der Waals surface area contributed by atoms with Crippen molar-refractivity contribution in [2.75, 3.05) is 39.8 Å². The highest BCUT2D eigenvalue weighted by Gasteiger charge is 2.24. The standard InChI is InChI=1S/C20H29FN2O2/c1-25-19-9-8-17(21)14-18(19)20(24)23-11-5-10-22(12-13-23)15-16-6-3-2-4-7-16/h8-9,14,16H,2-7,10-13,15H2,1H3. The summed E-state index contributed by atoms with van der Waals surface area (Å²) in [5.74, 6) is 0.725. The van der Waals surface area contributed by atoms with E-state index in [-0.39, 0.29) is 5.91 Å². The molecule has 4 nitrogen and oxygen atoms in total. The van der Waals surface area contributed by atoms with E-state index in [0.717, 1.165) is 38.5 Å². The highest BCUT2D eigenvalue weighted by molar-refractivity contribution is 5.97. The largest absolute Gasteiger partial charge is 0.496 e. The second kappa shape index (κ2) is 8.65. The first kappa shape index (κ1) is 18.2. The number of benzene rings is 1. The number of hydrogen-bond acceptors (Lipinski definition) is 3. The van der Waals surface area contributed by atoms with Gasteiger partial charge in [-0.25, -0.2) is 4.39 Å². The predicted molar refractivity (Wildman–Crippen MR) is 96.5 cm³/mol. The van der Waals surface area contributed by atoms with Crippen LogP contribution < -0.4 is 4.74 Å². The van der Waals surface area contributed by atoms with Crippen molar-refractivity contribution in [1.29, 1.82) is 0 Å². The van der Waals surface area contributed by atoms with Crippen molar-refractivity contribution in [3.8, 4) is 5.75 Å². The van der Waals surface area contributed by atoms with Crippen LogP contribution in [0.25, 0.3) is 0 Å². The molecule has 0 radical (unpaired) electrons. The van der Waals surface area contributed by atoms with E-state index in [4.69, 9.17) is 4.74 Å². The van der Waals surface area contributed by atoms with Crippen molar-refractivity contribution in [2.45, 2.75) is 38.5 Å². The molecular weight excluding hydrogens is 319 g/mol. The number of carbonyl (C=O) groups is 1. The third-order valence-corrected chi connectivity index (χ3v) is 5.51. The molecule has 0 bridgehead atoms. The molecule has 0 atom stereocenters. The normalized spacial score (nSPS) is 20.3. The molecule has 1 saturated carbocycles. The summed E-state index contributed by atoms with van der Waals surface area (Å²) in [6.45, 7) is 4.52. The fourth-order valence-electron chi connectivity index (χ4n) is 4.11. The molecule has 1 saturated heterocycles. The topological polar surface area (TPSA) is 32.8 Å². The van der Waals surface area contributed by atoms with Crippen LogP contribution in [0.15, 0.2) is 18.2 Å². The Bertz CT molecular complexity index is 587. The van der Waals surface area contributed by atoms with Gasteiger partial charge in [0, 0.05) is 26.2 Å². The summed E-state index contributed by atoms with van der Waals surface area (Å²) in [6, 6.07) is 4.13. The summed E-state index contributed by atoms with van der Waals surface area (Å²) in [7, 11) is 1.51. The van der Waals surface area contributed by atoms with Gasteiger partial charge >= 0.3 is 0 Å². The molecule has 2 fully saturated rings. The van der Waals surface area contributed by atoms with Gasteiger partial charge in [0.25, 0.3) is 5.91 Å². The van der Waals surface area contributed by atoms with Gasteiger partial charge in [-0.3, -0.25) is 4.79 Å². The molecule has 1 aliphatic carbocycles. The molecule has 25 heavy (non-hydrogen) atoms. The quantitative estimate of drug-likeness (QED) is 0.834. The zero-order valence-electron chi connectivity index (χ0n) is 15.2. The fourth-order valence-corrected chi connectivity index (χ4v) is 4.11. The van der Waals surface area contributed by atoms with E-state index in [0.29, 0.717) is 17.9 Å². The second-order valence-electron chi connectivity index (χ2n) is 7.30. The Morgan fingerprint density at radius 1 is 1.12 bits per heavy atom. The average molecular weight is 348 g/mol. The van der Waals surface area contributed by atoms with Gasteiger partial charge in [0.15, 0.2) is 0 Å². The first-order chi connectivity index (χ1) is 12.2. The molecule has 138 valence electrons. The molecule has 0 unspecified atom stereocenters. The number of amides is 1. The van der Waals surface area contributed by atoms with Crippen LogP contribution in [-0.2, 0) is 0 Å². The van der Waals surface area contributed by atoms with Crippen LogP contribution in [0.5, 0.6) is 5.75 Å². The maximum absolute atomic E-state index is 13.6. The monoisotopic (exact) mass is 348 g/mol. The van der Waals surface area contributed by atoms with E-state index in [1.807, 2.05) is 4.90 Å². The SMILES string of the molecule is COc1ccc(F)cc1C(=O)N1CCCN(CC2CCCCC2)CC1. The minimum atomic E-state index is -0.405. The summed E-state index contributed by atoms with van der Waals surface area (Å²) in [5, 5.41) is 0. The van der Waals surface area contributed by atoms with E-state index >= 15 is 0 Å². The van der Waals surface area contributed by atoms with Gasteiger partial charge in [0.1, 0.15) is 11.6 Å².